The second-order valence-electron chi connectivity index (χ2n) is 6.05. The van der Waals surface area contributed by atoms with Crippen molar-refractivity contribution in [1.29, 1.82) is 5.41 Å². The largest absolute Gasteiger partial charge is 0.384 e. The van der Waals surface area contributed by atoms with E-state index in [-0.39, 0.29) is 17.2 Å². The summed E-state index contributed by atoms with van der Waals surface area (Å²) in [6.45, 7) is 4.93. The van der Waals surface area contributed by atoms with Gasteiger partial charge in [0.05, 0.1) is 5.56 Å². The maximum atomic E-state index is 14.3. The smallest absolute Gasteiger partial charge is 0.138 e. The van der Waals surface area contributed by atoms with Gasteiger partial charge in [-0.25, -0.2) is 4.39 Å². The maximum absolute atomic E-state index is 14.3. The summed E-state index contributed by atoms with van der Waals surface area (Å²) in [5.41, 5.74) is 6.29. The molecule has 1 fully saturated rings. The van der Waals surface area contributed by atoms with Gasteiger partial charge in [-0.15, -0.1) is 0 Å². The number of nitrogens with two attached hydrogens (primary N) is 1. The van der Waals surface area contributed by atoms with E-state index < -0.39 is 0 Å². The normalized spacial score (nSPS) is 20.2. The highest BCUT2D eigenvalue weighted by Gasteiger charge is 2.18. The van der Waals surface area contributed by atoms with Crippen LogP contribution in [-0.2, 0) is 6.54 Å². The van der Waals surface area contributed by atoms with E-state index in [4.69, 9.17) is 11.1 Å². The van der Waals surface area contributed by atoms with E-state index in [0.717, 1.165) is 19.0 Å². The summed E-state index contributed by atoms with van der Waals surface area (Å²) < 4.78 is 14.3. The number of benzene rings is 1. The number of nitrogens with zero attached hydrogens (tertiary/aromatic N) is 1. The van der Waals surface area contributed by atoms with Crippen LogP contribution in [0.4, 0.5) is 4.39 Å². The van der Waals surface area contributed by atoms with Crippen molar-refractivity contribution in [3.8, 4) is 0 Å². The Morgan fingerprint density at radius 1 is 1.38 bits per heavy atom. The summed E-state index contributed by atoms with van der Waals surface area (Å²) >= 11 is 0. The van der Waals surface area contributed by atoms with Gasteiger partial charge in [-0.2, -0.15) is 0 Å². The Balaban J connectivity index is 2.02. The van der Waals surface area contributed by atoms with Gasteiger partial charge in [0.1, 0.15) is 11.7 Å². The number of rotatable bonds is 5. The highest BCUT2D eigenvalue weighted by atomic mass is 19.1. The van der Waals surface area contributed by atoms with Gasteiger partial charge in [-0.1, -0.05) is 31.9 Å². The monoisotopic (exact) mass is 291 g/mol. The van der Waals surface area contributed by atoms with E-state index in [1.807, 2.05) is 0 Å². The minimum Gasteiger partial charge on any atom is -0.384 e. The lowest BCUT2D eigenvalue weighted by Crippen LogP contribution is -2.25. The fraction of sp³-hybridized carbons (Fsp3) is 0.588. The molecule has 1 aromatic rings. The third-order valence-corrected chi connectivity index (χ3v) is 4.40. The molecule has 1 saturated heterocycles. The van der Waals surface area contributed by atoms with Crippen molar-refractivity contribution in [2.24, 2.45) is 11.7 Å². The van der Waals surface area contributed by atoms with Crippen molar-refractivity contribution in [2.45, 2.75) is 45.6 Å². The molecule has 4 heteroatoms. The van der Waals surface area contributed by atoms with Gasteiger partial charge in [-0.3, -0.25) is 10.3 Å². The van der Waals surface area contributed by atoms with Crippen LogP contribution >= 0.6 is 0 Å². The summed E-state index contributed by atoms with van der Waals surface area (Å²) in [5, 5.41) is 7.42. The molecule has 0 amide bonds. The standard InChI is InChI=1S/C17H26FN3/c1-2-5-13-6-4-10-21(11-9-13)12-14-7-3-8-15(16(14)18)17(19)20/h3,7-8,13H,2,4-6,9-12H2,1H3,(H3,19,20). The van der Waals surface area contributed by atoms with E-state index in [0.29, 0.717) is 12.1 Å². The number of nitrogen functional groups attached to an aromatic ring is 1. The molecular formula is C17H26FN3. The van der Waals surface area contributed by atoms with E-state index in [1.165, 1.54) is 32.1 Å². The molecule has 116 valence electrons. The van der Waals surface area contributed by atoms with Gasteiger partial charge in [0.25, 0.3) is 0 Å². The minimum absolute atomic E-state index is 0.201. The van der Waals surface area contributed by atoms with E-state index in [1.54, 1.807) is 18.2 Å². The Hall–Kier alpha value is -1.42. The Kier molecular flexibility index (Phi) is 5.74. The number of nitrogens with one attached hydrogen (secondary N) is 1. The number of likely N-dealkylation sites (tertiary alicyclic amines) is 1. The second-order valence-corrected chi connectivity index (χ2v) is 6.05. The lowest BCUT2D eigenvalue weighted by molar-refractivity contribution is 0.267. The van der Waals surface area contributed by atoms with Crippen molar-refractivity contribution in [1.82, 2.24) is 4.90 Å². The number of hydrogen-bond donors (Lipinski definition) is 2. The topological polar surface area (TPSA) is 53.1 Å². The molecule has 0 bridgehead atoms. The van der Waals surface area contributed by atoms with Crippen LogP contribution in [0.1, 0.15) is 50.2 Å². The molecule has 1 atom stereocenters. The van der Waals surface area contributed by atoms with Crippen molar-refractivity contribution in [3.63, 3.8) is 0 Å². The Labute approximate surface area is 126 Å². The Morgan fingerprint density at radius 3 is 2.90 bits per heavy atom. The highest BCUT2D eigenvalue weighted by molar-refractivity contribution is 5.95. The zero-order valence-electron chi connectivity index (χ0n) is 12.9. The molecular weight excluding hydrogens is 265 g/mol. The van der Waals surface area contributed by atoms with Gasteiger partial charge in [0.2, 0.25) is 0 Å². The summed E-state index contributed by atoms with van der Waals surface area (Å²) in [7, 11) is 0. The Bertz CT molecular complexity index is 487. The van der Waals surface area contributed by atoms with Crippen LogP contribution in [0, 0.1) is 17.1 Å². The van der Waals surface area contributed by atoms with Crippen LogP contribution < -0.4 is 5.73 Å². The van der Waals surface area contributed by atoms with E-state index in [2.05, 4.69) is 11.8 Å². The number of hydrogen-bond acceptors (Lipinski definition) is 2. The van der Waals surface area contributed by atoms with Crippen LogP contribution in [0.15, 0.2) is 18.2 Å². The summed E-state index contributed by atoms with van der Waals surface area (Å²) in [5.74, 6) is 0.293. The van der Waals surface area contributed by atoms with Crippen molar-refractivity contribution >= 4 is 5.84 Å². The molecule has 1 aliphatic heterocycles. The predicted molar refractivity (Wildman–Crippen MR) is 84.9 cm³/mol. The highest BCUT2D eigenvalue weighted by Crippen LogP contribution is 2.23. The van der Waals surface area contributed by atoms with Crippen molar-refractivity contribution < 1.29 is 4.39 Å². The predicted octanol–water partition coefficient (Wildman–Crippen LogP) is 3.51. The Morgan fingerprint density at radius 2 is 2.19 bits per heavy atom. The first-order chi connectivity index (χ1) is 10.1. The SMILES string of the molecule is CCCC1CCCN(Cc2cccc(C(=N)N)c2F)CC1. The van der Waals surface area contributed by atoms with Gasteiger partial charge >= 0.3 is 0 Å². The second kappa shape index (κ2) is 7.55. The quantitative estimate of drug-likeness (QED) is 0.644. The first-order valence-electron chi connectivity index (χ1n) is 7.96. The average molecular weight is 291 g/mol. The van der Waals surface area contributed by atoms with Gasteiger partial charge < -0.3 is 5.73 Å². The first kappa shape index (κ1) is 16.0. The lowest BCUT2D eigenvalue weighted by atomic mass is 9.96. The molecule has 0 saturated carbocycles. The van der Waals surface area contributed by atoms with Crippen LogP contribution in [0.3, 0.4) is 0 Å². The molecule has 0 aromatic heterocycles. The molecule has 0 radical (unpaired) electrons. The fourth-order valence-electron chi connectivity index (χ4n) is 3.23. The maximum Gasteiger partial charge on any atom is 0.138 e. The molecule has 1 unspecified atom stereocenters. The van der Waals surface area contributed by atoms with Crippen LogP contribution in [-0.4, -0.2) is 23.8 Å². The first-order valence-corrected chi connectivity index (χ1v) is 7.96. The zero-order valence-corrected chi connectivity index (χ0v) is 12.9. The molecule has 3 nitrogen and oxygen atoms in total. The van der Waals surface area contributed by atoms with E-state index in [9.17, 15) is 4.39 Å². The molecule has 1 aromatic carbocycles. The third kappa shape index (κ3) is 4.27. The molecule has 2 rings (SSSR count). The summed E-state index contributed by atoms with van der Waals surface area (Å²) in [6, 6.07) is 5.16. The summed E-state index contributed by atoms with van der Waals surface area (Å²) in [6.07, 6.45) is 6.25. The molecule has 0 aliphatic carbocycles. The lowest BCUT2D eigenvalue weighted by Gasteiger charge is -2.21. The van der Waals surface area contributed by atoms with Crippen molar-refractivity contribution in [3.05, 3.63) is 35.1 Å². The zero-order chi connectivity index (χ0) is 15.2. The van der Waals surface area contributed by atoms with Gasteiger partial charge in [0.15, 0.2) is 0 Å². The number of halogens is 1. The third-order valence-electron chi connectivity index (χ3n) is 4.40. The van der Waals surface area contributed by atoms with Crippen LogP contribution in [0.25, 0.3) is 0 Å². The average Bonchev–Trinajstić information content (AvgIpc) is 2.67. The minimum atomic E-state index is -0.334. The summed E-state index contributed by atoms with van der Waals surface area (Å²) in [4.78, 5) is 2.33. The fourth-order valence-corrected chi connectivity index (χ4v) is 3.23. The van der Waals surface area contributed by atoms with Crippen LogP contribution in [0.2, 0.25) is 0 Å². The van der Waals surface area contributed by atoms with Crippen molar-refractivity contribution in [2.75, 3.05) is 13.1 Å². The van der Waals surface area contributed by atoms with Gasteiger partial charge in [0, 0.05) is 12.1 Å². The molecule has 21 heavy (non-hydrogen) atoms. The molecule has 1 aliphatic rings. The molecule has 3 N–H and O–H groups in total. The molecule has 0 spiro atoms. The van der Waals surface area contributed by atoms with Gasteiger partial charge in [-0.05, 0) is 44.3 Å². The van der Waals surface area contributed by atoms with E-state index >= 15 is 0 Å². The van der Waals surface area contributed by atoms with Crippen LogP contribution in [0.5, 0.6) is 0 Å². The molecule has 1 heterocycles. The number of amidine groups is 1.